The number of rotatable bonds is 6. The summed E-state index contributed by atoms with van der Waals surface area (Å²) in [7, 11) is 0. The van der Waals surface area contributed by atoms with Crippen molar-refractivity contribution in [3.63, 3.8) is 0 Å². The summed E-state index contributed by atoms with van der Waals surface area (Å²) in [6.45, 7) is 3.24. The molecule has 25 heavy (non-hydrogen) atoms. The van der Waals surface area contributed by atoms with Gasteiger partial charge in [0.05, 0.1) is 6.04 Å². The highest BCUT2D eigenvalue weighted by atomic mass is 16.2. The molecule has 2 atom stereocenters. The van der Waals surface area contributed by atoms with Crippen LogP contribution in [0.2, 0.25) is 0 Å². The summed E-state index contributed by atoms with van der Waals surface area (Å²) in [6, 6.07) is 10.1. The predicted octanol–water partition coefficient (Wildman–Crippen LogP) is 1.73. The van der Waals surface area contributed by atoms with Crippen LogP contribution in [0.5, 0.6) is 0 Å². The maximum Gasteiger partial charge on any atom is 0.237 e. The van der Waals surface area contributed by atoms with E-state index in [1.807, 2.05) is 23.1 Å². The Morgan fingerprint density at radius 2 is 2.00 bits per heavy atom. The van der Waals surface area contributed by atoms with Crippen LogP contribution in [0.3, 0.4) is 0 Å². The van der Waals surface area contributed by atoms with Gasteiger partial charge in [-0.2, -0.15) is 0 Å². The molecule has 0 bridgehead atoms. The van der Waals surface area contributed by atoms with E-state index in [-0.39, 0.29) is 17.9 Å². The molecule has 0 radical (unpaired) electrons. The summed E-state index contributed by atoms with van der Waals surface area (Å²) in [4.78, 5) is 26.6. The SMILES string of the molecule is O=C(NC[C@H]1CCCN(C(=O)CCc2ccccc2)C1)[C@@H]1CCCN1. The molecule has 2 fully saturated rings. The van der Waals surface area contributed by atoms with Crippen LogP contribution in [0.4, 0.5) is 0 Å². The van der Waals surface area contributed by atoms with Gasteiger partial charge in [0.1, 0.15) is 0 Å². The van der Waals surface area contributed by atoms with Gasteiger partial charge in [0.25, 0.3) is 0 Å². The van der Waals surface area contributed by atoms with Gasteiger partial charge in [0.15, 0.2) is 0 Å². The Labute approximate surface area is 150 Å². The Balaban J connectivity index is 1.40. The quantitative estimate of drug-likeness (QED) is 0.827. The summed E-state index contributed by atoms with van der Waals surface area (Å²) in [5, 5.41) is 6.30. The van der Waals surface area contributed by atoms with Crippen LogP contribution in [0, 0.1) is 5.92 Å². The number of carbonyl (C=O) groups is 2. The third-order valence-electron chi connectivity index (χ3n) is 5.28. The van der Waals surface area contributed by atoms with Gasteiger partial charge in [0, 0.05) is 26.1 Å². The fraction of sp³-hybridized carbons (Fsp3) is 0.600. The molecule has 2 saturated heterocycles. The molecule has 0 aliphatic carbocycles. The Hall–Kier alpha value is -1.88. The fourth-order valence-corrected chi connectivity index (χ4v) is 3.79. The molecule has 136 valence electrons. The minimum absolute atomic E-state index is 0.0211. The van der Waals surface area contributed by atoms with E-state index in [2.05, 4.69) is 22.8 Å². The molecular weight excluding hydrogens is 314 g/mol. The van der Waals surface area contributed by atoms with Crippen molar-refractivity contribution in [1.29, 1.82) is 0 Å². The van der Waals surface area contributed by atoms with Gasteiger partial charge < -0.3 is 15.5 Å². The average Bonchev–Trinajstić information content (AvgIpc) is 3.20. The van der Waals surface area contributed by atoms with Crippen LogP contribution < -0.4 is 10.6 Å². The number of amides is 2. The van der Waals surface area contributed by atoms with Crippen LogP contribution >= 0.6 is 0 Å². The molecule has 3 rings (SSSR count). The zero-order valence-corrected chi connectivity index (χ0v) is 14.9. The number of hydrogen-bond acceptors (Lipinski definition) is 3. The molecule has 1 aromatic carbocycles. The van der Waals surface area contributed by atoms with E-state index in [0.29, 0.717) is 18.9 Å². The van der Waals surface area contributed by atoms with Crippen molar-refractivity contribution >= 4 is 11.8 Å². The number of likely N-dealkylation sites (tertiary alicyclic amines) is 1. The van der Waals surface area contributed by atoms with Crippen LogP contribution in [-0.4, -0.2) is 48.9 Å². The smallest absolute Gasteiger partial charge is 0.237 e. The molecule has 2 N–H and O–H groups in total. The molecule has 0 aromatic heterocycles. The first-order chi connectivity index (χ1) is 12.2. The highest BCUT2D eigenvalue weighted by Crippen LogP contribution is 2.17. The average molecular weight is 343 g/mol. The monoisotopic (exact) mass is 343 g/mol. The number of nitrogens with zero attached hydrogens (tertiary/aromatic N) is 1. The summed E-state index contributed by atoms with van der Waals surface area (Å²) >= 11 is 0. The normalized spacial score (nSPS) is 23.4. The van der Waals surface area contributed by atoms with Gasteiger partial charge in [-0.3, -0.25) is 9.59 Å². The third kappa shape index (κ3) is 5.30. The Morgan fingerprint density at radius 1 is 1.16 bits per heavy atom. The predicted molar refractivity (Wildman–Crippen MR) is 98.1 cm³/mol. The lowest BCUT2D eigenvalue weighted by Crippen LogP contribution is -2.46. The number of nitrogens with one attached hydrogen (secondary N) is 2. The van der Waals surface area contributed by atoms with Crippen LogP contribution in [0.15, 0.2) is 30.3 Å². The molecule has 1 aromatic rings. The zero-order valence-electron chi connectivity index (χ0n) is 14.9. The molecule has 2 amide bonds. The molecule has 5 heteroatoms. The standard InChI is InChI=1S/C20H29N3O2/c24-19(11-10-16-6-2-1-3-7-16)23-13-5-8-17(15-23)14-22-20(25)18-9-4-12-21-18/h1-3,6-7,17-18,21H,4-5,8-15H2,(H,22,25)/t17-,18+/m1/s1. The molecule has 2 aliphatic heterocycles. The Morgan fingerprint density at radius 3 is 2.76 bits per heavy atom. The van der Waals surface area contributed by atoms with Gasteiger partial charge in [0.2, 0.25) is 11.8 Å². The molecule has 2 aliphatic rings. The number of piperidine rings is 1. The van der Waals surface area contributed by atoms with E-state index in [4.69, 9.17) is 0 Å². The minimum Gasteiger partial charge on any atom is -0.354 e. The van der Waals surface area contributed by atoms with Gasteiger partial charge in [-0.15, -0.1) is 0 Å². The number of aryl methyl sites for hydroxylation is 1. The Kier molecular flexibility index (Phi) is 6.45. The summed E-state index contributed by atoms with van der Waals surface area (Å²) in [5.74, 6) is 0.724. The zero-order chi connectivity index (χ0) is 17.5. The van der Waals surface area contributed by atoms with Gasteiger partial charge in [-0.25, -0.2) is 0 Å². The first kappa shape index (κ1) is 17.9. The van der Waals surface area contributed by atoms with E-state index in [1.165, 1.54) is 5.56 Å². The molecule has 0 unspecified atom stereocenters. The largest absolute Gasteiger partial charge is 0.354 e. The maximum absolute atomic E-state index is 12.5. The van der Waals surface area contributed by atoms with Crippen molar-refractivity contribution in [3.05, 3.63) is 35.9 Å². The number of benzene rings is 1. The second kappa shape index (κ2) is 8.99. The summed E-state index contributed by atoms with van der Waals surface area (Å²) < 4.78 is 0. The van der Waals surface area contributed by atoms with E-state index in [9.17, 15) is 9.59 Å². The van der Waals surface area contributed by atoms with Crippen LogP contribution in [0.25, 0.3) is 0 Å². The molecule has 2 heterocycles. The third-order valence-corrected chi connectivity index (χ3v) is 5.28. The van der Waals surface area contributed by atoms with Gasteiger partial charge >= 0.3 is 0 Å². The molecular formula is C20H29N3O2. The molecule has 5 nitrogen and oxygen atoms in total. The molecule has 0 saturated carbocycles. The van der Waals surface area contributed by atoms with Crippen molar-refractivity contribution in [2.75, 3.05) is 26.2 Å². The van der Waals surface area contributed by atoms with Crippen molar-refractivity contribution in [2.24, 2.45) is 5.92 Å². The minimum atomic E-state index is -0.0211. The van der Waals surface area contributed by atoms with Gasteiger partial charge in [-0.05, 0) is 50.1 Å². The highest BCUT2D eigenvalue weighted by Gasteiger charge is 2.26. The van der Waals surface area contributed by atoms with Crippen molar-refractivity contribution in [3.8, 4) is 0 Å². The lowest BCUT2D eigenvalue weighted by molar-refractivity contribution is -0.132. The van der Waals surface area contributed by atoms with Crippen LogP contribution in [0.1, 0.15) is 37.7 Å². The second-order valence-corrected chi connectivity index (χ2v) is 7.23. The van der Waals surface area contributed by atoms with Crippen molar-refractivity contribution in [2.45, 2.75) is 44.6 Å². The van der Waals surface area contributed by atoms with Crippen molar-refractivity contribution < 1.29 is 9.59 Å². The number of carbonyl (C=O) groups excluding carboxylic acids is 2. The van der Waals surface area contributed by atoms with Crippen LogP contribution in [-0.2, 0) is 16.0 Å². The second-order valence-electron chi connectivity index (χ2n) is 7.23. The van der Waals surface area contributed by atoms with E-state index in [0.717, 1.165) is 51.7 Å². The fourth-order valence-electron chi connectivity index (χ4n) is 3.79. The first-order valence-corrected chi connectivity index (χ1v) is 9.55. The first-order valence-electron chi connectivity index (χ1n) is 9.55. The van der Waals surface area contributed by atoms with E-state index >= 15 is 0 Å². The Bertz CT molecular complexity index is 570. The van der Waals surface area contributed by atoms with Gasteiger partial charge in [-0.1, -0.05) is 30.3 Å². The topological polar surface area (TPSA) is 61.4 Å². The van der Waals surface area contributed by atoms with Crippen molar-refractivity contribution in [1.82, 2.24) is 15.5 Å². The summed E-state index contributed by atoms with van der Waals surface area (Å²) in [6.07, 6.45) is 5.48. The lowest BCUT2D eigenvalue weighted by atomic mass is 9.97. The van der Waals surface area contributed by atoms with E-state index in [1.54, 1.807) is 0 Å². The maximum atomic E-state index is 12.5. The highest BCUT2D eigenvalue weighted by molar-refractivity contribution is 5.82. The molecule has 0 spiro atoms. The summed E-state index contributed by atoms with van der Waals surface area (Å²) in [5.41, 5.74) is 1.21. The van der Waals surface area contributed by atoms with E-state index < -0.39 is 0 Å². The number of hydrogen-bond donors (Lipinski definition) is 2. The lowest BCUT2D eigenvalue weighted by Gasteiger charge is -2.33.